The molecule has 0 saturated carbocycles. The van der Waals surface area contributed by atoms with Crippen LogP contribution >= 0.6 is 0 Å². The van der Waals surface area contributed by atoms with Gasteiger partial charge in [-0.3, -0.25) is 9.69 Å². The molecule has 0 spiro atoms. The Morgan fingerprint density at radius 1 is 1.46 bits per heavy atom. The summed E-state index contributed by atoms with van der Waals surface area (Å²) in [5.74, 6) is 1.10. The molecule has 28 heavy (non-hydrogen) atoms. The van der Waals surface area contributed by atoms with Crippen LogP contribution in [0.1, 0.15) is 29.0 Å². The minimum Gasteiger partial charge on any atom is -0.467 e. The largest absolute Gasteiger partial charge is 0.467 e. The number of aromatic nitrogens is 1. The first-order chi connectivity index (χ1) is 13.2. The number of nitrogens with zero attached hydrogens (tertiary/aromatic N) is 3. The number of nitrogens with one attached hydrogen (secondary N) is 1. The molecule has 3 rings (SSSR count). The van der Waals surface area contributed by atoms with E-state index in [1.165, 1.54) is 0 Å². The number of hydrogen-bond acceptors (Lipinski definition) is 6. The van der Waals surface area contributed by atoms with E-state index in [1.54, 1.807) is 24.3 Å². The van der Waals surface area contributed by atoms with Crippen LogP contribution in [0.25, 0.3) is 0 Å². The smallest absolute Gasteiger partial charge is 0.239 e. The van der Waals surface area contributed by atoms with Gasteiger partial charge >= 0.3 is 0 Å². The molecule has 150 valence electrons. The average Bonchev–Trinajstić information content (AvgIpc) is 3.31. The van der Waals surface area contributed by atoms with Crippen molar-refractivity contribution in [2.24, 2.45) is 0 Å². The van der Waals surface area contributed by atoms with Gasteiger partial charge in [0.25, 0.3) is 0 Å². The molecule has 1 atom stereocenters. The van der Waals surface area contributed by atoms with Gasteiger partial charge in [0.1, 0.15) is 17.6 Å². The predicted octanol–water partition coefficient (Wildman–Crippen LogP) is 1.68. The van der Waals surface area contributed by atoms with Crippen molar-refractivity contribution in [3.05, 3.63) is 41.0 Å². The van der Waals surface area contributed by atoms with Crippen LogP contribution in [-0.2, 0) is 21.2 Å². The van der Waals surface area contributed by atoms with Gasteiger partial charge in [-0.05, 0) is 45.0 Å². The Labute approximate surface area is 164 Å². The summed E-state index contributed by atoms with van der Waals surface area (Å²) in [5.41, 5.74) is 2.10. The third-order valence-electron chi connectivity index (χ3n) is 5.32. The summed E-state index contributed by atoms with van der Waals surface area (Å²) in [6.45, 7) is 4.19. The lowest BCUT2D eigenvalue weighted by atomic mass is 10.2. The van der Waals surface area contributed by atoms with Crippen LogP contribution in [0.5, 0.6) is 0 Å². The fourth-order valence-corrected chi connectivity index (χ4v) is 5.34. The van der Waals surface area contributed by atoms with Crippen molar-refractivity contribution in [2.45, 2.75) is 32.9 Å². The first kappa shape index (κ1) is 20.2. The number of nitriles is 1. The molecule has 1 amide bonds. The predicted molar refractivity (Wildman–Crippen MR) is 105 cm³/mol. The normalized spacial score (nSPS) is 18.3. The van der Waals surface area contributed by atoms with E-state index in [9.17, 15) is 18.5 Å². The second-order valence-electron chi connectivity index (χ2n) is 7.23. The topological polar surface area (TPSA) is 108 Å². The van der Waals surface area contributed by atoms with Crippen molar-refractivity contribution in [3.63, 3.8) is 0 Å². The van der Waals surface area contributed by atoms with Crippen molar-refractivity contribution in [2.75, 3.05) is 30.4 Å². The van der Waals surface area contributed by atoms with Gasteiger partial charge in [0, 0.05) is 11.7 Å². The number of likely N-dealkylation sites (N-methyl/N-ethyl adjacent to an activating group) is 1. The highest BCUT2D eigenvalue weighted by Gasteiger charge is 2.31. The maximum atomic E-state index is 12.6. The van der Waals surface area contributed by atoms with Crippen molar-refractivity contribution in [1.82, 2.24) is 9.47 Å². The number of anilines is 1. The number of amides is 1. The van der Waals surface area contributed by atoms with Crippen LogP contribution in [0.4, 0.5) is 5.82 Å². The number of carbonyl (C=O) groups excluding carboxylic acids is 1. The van der Waals surface area contributed by atoms with E-state index in [4.69, 9.17) is 4.42 Å². The average molecular weight is 404 g/mol. The number of hydrogen-bond donors (Lipinski definition) is 1. The maximum absolute atomic E-state index is 12.6. The van der Waals surface area contributed by atoms with E-state index in [2.05, 4.69) is 11.4 Å². The van der Waals surface area contributed by atoms with Gasteiger partial charge in [-0.1, -0.05) is 0 Å². The van der Waals surface area contributed by atoms with E-state index in [1.807, 2.05) is 24.5 Å². The maximum Gasteiger partial charge on any atom is 0.239 e. The lowest BCUT2D eigenvalue weighted by Crippen LogP contribution is -2.39. The zero-order valence-corrected chi connectivity index (χ0v) is 17.0. The Morgan fingerprint density at radius 2 is 2.21 bits per heavy atom. The Bertz CT molecular complexity index is 1020. The Kier molecular flexibility index (Phi) is 5.63. The molecule has 9 heteroatoms. The van der Waals surface area contributed by atoms with Gasteiger partial charge in [0.2, 0.25) is 5.91 Å². The van der Waals surface area contributed by atoms with E-state index >= 15 is 0 Å². The first-order valence-corrected chi connectivity index (χ1v) is 10.9. The molecule has 1 aliphatic heterocycles. The molecular formula is C19H24N4O4S. The number of furan rings is 1. The standard InChI is InChI=1S/C19H24N4O4S/c1-13-14(2)23(10-16-5-4-7-27-16)19(17(13)9-20)21-18(24)11-22(3)15-6-8-28(25,26)12-15/h4-5,7,15H,6,8,10-12H2,1-3H3,(H,21,24)/t15-/m0/s1. The second-order valence-corrected chi connectivity index (χ2v) is 9.46. The quantitative estimate of drug-likeness (QED) is 0.785. The van der Waals surface area contributed by atoms with Crippen LogP contribution in [0.2, 0.25) is 0 Å². The van der Waals surface area contributed by atoms with Crippen molar-refractivity contribution >= 4 is 21.6 Å². The van der Waals surface area contributed by atoms with Crippen molar-refractivity contribution in [1.29, 1.82) is 5.26 Å². The number of carbonyl (C=O) groups is 1. The minimum atomic E-state index is -3.01. The van der Waals surface area contributed by atoms with Crippen LogP contribution in [-0.4, -0.2) is 54.9 Å². The van der Waals surface area contributed by atoms with Gasteiger partial charge in [0.05, 0.1) is 36.4 Å². The summed E-state index contributed by atoms with van der Waals surface area (Å²) in [5, 5.41) is 12.4. The fourth-order valence-electron chi connectivity index (χ4n) is 3.54. The molecule has 2 aromatic heterocycles. The van der Waals surface area contributed by atoms with E-state index in [0.717, 1.165) is 11.3 Å². The highest BCUT2D eigenvalue weighted by molar-refractivity contribution is 7.91. The van der Waals surface area contributed by atoms with Crippen LogP contribution < -0.4 is 5.32 Å². The summed E-state index contributed by atoms with van der Waals surface area (Å²) in [6.07, 6.45) is 2.11. The molecule has 1 fully saturated rings. The Balaban J connectivity index is 1.78. The summed E-state index contributed by atoms with van der Waals surface area (Å²) in [7, 11) is -1.27. The Hall–Kier alpha value is -2.57. The molecule has 2 aromatic rings. The van der Waals surface area contributed by atoms with E-state index < -0.39 is 9.84 Å². The minimum absolute atomic E-state index is 0.0507. The van der Waals surface area contributed by atoms with Gasteiger partial charge in [-0.2, -0.15) is 5.26 Å². The third kappa shape index (κ3) is 4.13. The molecule has 1 N–H and O–H groups in total. The number of rotatable bonds is 6. The molecule has 3 heterocycles. The van der Waals surface area contributed by atoms with Gasteiger partial charge in [0.15, 0.2) is 9.84 Å². The zero-order chi connectivity index (χ0) is 20.5. The van der Waals surface area contributed by atoms with Crippen molar-refractivity contribution < 1.29 is 17.6 Å². The van der Waals surface area contributed by atoms with Crippen LogP contribution in [0.15, 0.2) is 22.8 Å². The SMILES string of the molecule is Cc1c(C#N)c(NC(=O)CN(C)[C@H]2CCS(=O)(=O)C2)n(Cc2ccco2)c1C. The molecule has 1 saturated heterocycles. The summed E-state index contributed by atoms with van der Waals surface area (Å²) < 4.78 is 30.6. The van der Waals surface area contributed by atoms with Gasteiger partial charge in [-0.25, -0.2) is 8.42 Å². The highest BCUT2D eigenvalue weighted by atomic mass is 32.2. The molecule has 1 aliphatic rings. The van der Waals surface area contributed by atoms with Crippen LogP contribution in [0, 0.1) is 25.2 Å². The summed E-state index contributed by atoms with van der Waals surface area (Å²) in [4.78, 5) is 14.4. The highest BCUT2D eigenvalue weighted by Crippen LogP contribution is 2.27. The molecular weight excluding hydrogens is 380 g/mol. The lowest BCUT2D eigenvalue weighted by molar-refractivity contribution is -0.117. The third-order valence-corrected chi connectivity index (χ3v) is 7.07. The van der Waals surface area contributed by atoms with Crippen LogP contribution in [0.3, 0.4) is 0 Å². The van der Waals surface area contributed by atoms with Gasteiger partial charge in [-0.15, -0.1) is 0 Å². The lowest BCUT2D eigenvalue weighted by Gasteiger charge is -2.22. The molecule has 0 unspecified atom stereocenters. The fraction of sp³-hybridized carbons (Fsp3) is 0.474. The Morgan fingerprint density at radius 3 is 2.79 bits per heavy atom. The molecule has 0 aromatic carbocycles. The molecule has 0 radical (unpaired) electrons. The van der Waals surface area contributed by atoms with Gasteiger partial charge < -0.3 is 14.3 Å². The van der Waals surface area contributed by atoms with Crippen molar-refractivity contribution in [3.8, 4) is 6.07 Å². The van der Waals surface area contributed by atoms with E-state index in [-0.39, 0.29) is 30.0 Å². The number of sulfone groups is 1. The first-order valence-electron chi connectivity index (χ1n) is 9.04. The second kappa shape index (κ2) is 7.81. The zero-order valence-electron chi connectivity index (χ0n) is 16.2. The molecule has 0 aliphatic carbocycles. The molecule has 8 nitrogen and oxygen atoms in total. The summed E-state index contributed by atoms with van der Waals surface area (Å²) >= 11 is 0. The van der Waals surface area contributed by atoms with E-state index in [0.29, 0.717) is 30.1 Å². The summed E-state index contributed by atoms with van der Waals surface area (Å²) in [6, 6.07) is 5.63. The monoisotopic (exact) mass is 404 g/mol. The molecule has 0 bridgehead atoms.